The SMILES string of the molecule is CC(=O)OCc1nc(C)c(OC(C)=O)c2c1COC(C)(C)OC2.Cc1nc(CO)c2c(c1O)COC(C)(C)OC2.Cc1nc(CS(=O)(=O)O)c(CO)c(CO)c1O.Cc1nc(CS(=O)(=O)[O-])c2c(c1O)COC(C)(C)OC2.Cl.ClCCl.O.O=[S-](=O)[O-].[Na+].[Na+].[Na+]. The van der Waals surface area contributed by atoms with E-state index in [9.17, 15) is 51.4 Å². The molecule has 0 aliphatic carbocycles. The summed E-state index contributed by atoms with van der Waals surface area (Å²) in [6.07, 6.45) is 0. The van der Waals surface area contributed by atoms with Crippen LogP contribution in [0.4, 0.5) is 0 Å². The number of pyridine rings is 4. The van der Waals surface area contributed by atoms with Gasteiger partial charge in [0.2, 0.25) is 0 Å². The smallest absolute Gasteiger partial charge is 0.917 e. The second-order valence-electron chi connectivity index (χ2n) is 19.3. The van der Waals surface area contributed by atoms with E-state index in [2.05, 4.69) is 19.9 Å². The number of hydrogen-bond acceptors (Lipinski definition) is 29. The maximum Gasteiger partial charge on any atom is 1.00 e. The van der Waals surface area contributed by atoms with Crippen LogP contribution in [0.5, 0.6) is 23.0 Å². The zero-order chi connectivity index (χ0) is 64.5. The van der Waals surface area contributed by atoms with Crippen molar-refractivity contribution in [2.24, 2.45) is 0 Å². The molecule has 0 amide bonds. The summed E-state index contributed by atoms with van der Waals surface area (Å²) in [5.41, 5.74) is 6.16. The number of carbonyl (C=O) groups excluding carboxylic acids is 2. The van der Waals surface area contributed by atoms with Crippen LogP contribution >= 0.6 is 35.6 Å². The van der Waals surface area contributed by atoms with E-state index >= 15 is 0 Å². The third kappa shape index (κ3) is 31.5. The average Bonchev–Trinajstić information content (AvgIpc) is 3.82. The molecule has 0 aromatic carbocycles. The van der Waals surface area contributed by atoms with Crippen molar-refractivity contribution in [3.8, 4) is 23.0 Å². The molecule has 3 aliphatic heterocycles. The largest absolute Gasteiger partial charge is 1.00 e. The fraction of sp³-hybridized carbons (Fsp3) is 0.560. The van der Waals surface area contributed by atoms with Crippen molar-refractivity contribution >= 4 is 78.8 Å². The molecule has 7 rings (SSSR count). The predicted molar refractivity (Wildman–Crippen MR) is 302 cm³/mol. The second-order valence-corrected chi connectivity index (χ2v) is 23.4. The van der Waals surface area contributed by atoms with E-state index in [1.807, 2.05) is 13.8 Å². The van der Waals surface area contributed by atoms with Crippen LogP contribution in [0.2, 0.25) is 0 Å². The van der Waals surface area contributed by atoms with Crippen molar-refractivity contribution in [3.63, 3.8) is 0 Å². The number of rotatable bonds is 10. The summed E-state index contributed by atoms with van der Waals surface area (Å²) in [6, 6.07) is 0. The second kappa shape index (κ2) is 41.9. The Bertz CT molecular complexity index is 3290. The molecule has 3 aliphatic rings. The molecule has 0 spiro atoms. The molecular formula is C50H72Cl3N4Na3O26S3. The molecule has 0 saturated heterocycles. The number of hydrogen-bond donors (Lipinski definition) is 7. The third-order valence-corrected chi connectivity index (χ3v) is 13.0. The number of nitrogens with zero attached hydrogens (tertiary/aromatic N) is 4. The summed E-state index contributed by atoms with van der Waals surface area (Å²) in [4.78, 5) is 38.8. The number of ether oxygens (including phenoxy) is 8. The summed E-state index contributed by atoms with van der Waals surface area (Å²) < 4.78 is 132. The first kappa shape index (κ1) is 93.5. The van der Waals surface area contributed by atoms with Gasteiger partial charge in [0, 0.05) is 58.4 Å². The first-order chi connectivity index (χ1) is 38.7. The topological polar surface area (TPSA) is 481 Å². The van der Waals surface area contributed by atoms with Crippen LogP contribution in [-0.2, 0) is 160 Å². The molecule has 89 heavy (non-hydrogen) atoms. The number of aromatic hydroxyl groups is 3. The fourth-order valence-corrected chi connectivity index (χ4v) is 8.79. The van der Waals surface area contributed by atoms with Crippen LogP contribution < -0.4 is 93.4 Å². The van der Waals surface area contributed by atoms with Crippen LogP contribution in [0.1, 0.15) is 145 Å². The first-order valence-electron chi connectivity index (χ1n) is 24.5. The van der Waals surface area contributed by atoms with Gasteiger partial charge in [-0.25, -0.2) is 8.42 Å². The van der Waals surface area contributed by atoms with Gasteiger partial charge in [0.15, 0.2) is 23.1 Å². The number of esters is 2. The van der Waals surface area contributed by atoms with Crippen molar-refractivity contribution in [1.82, 2.24) is 19.9 Å². The molecular weight excluding hydrogens is 1340 g/mol. The number of carbonyl (C=O) groups is 2. The van der Waals surface area contributed by atoms with Gasteiger partial charge >= 0.3 is 101 Å². The molecule has 0 radical (unpaired) electrons. The number of aromatic nitrogens is 4. The molecule has 0 atom stereocenters. The van der Waals surface area contributed by atoms with Gasteiger partial charge in [-0.15, -0.1) is 35.6 Å². The standard InChI is InChI=1S/C16H21NO6.C12H17NO6S.C12H17NO4.C9H13NO6S.CH2Cl2.ClH.3Na.O3S.H2O/c1-9-15(23-11(3)19)13-7-22-16(4,5)21-6-12(13)14(17-9)8-20-10(2)18;1-7-11(14)9-5-19-12(2,3)18-4-8(9)10(13-7)6-20(15,16)17;1-7-11(15)9-6-17-12(2,3)16-5-8(9)10(4-14)13-7;1-5-9(13)7(3-12)6(2-11)8(10-5)4-17(14,15)16;2-1-3;;;;;1-4(2)3;/h6-8H2,1-5H3;14H,4-6H2,1-3H3,(H,15,16,17);14-15H,4-6H2,1-3H3;11-13H,2-4H2,1H3,(H,14,15,16);1H2;1H;;;;;1H2/q;;;;;;3*+1;-2;/p-1. The van der Waals surface area contributed by atoms with Gasteiger partial charge in [-0.05, 0) is 69.2 Å². The van der Waals surface area contributed by atoms with E-state index < -0.39 is 85.2 Å². The molecule has 7 heterocycles. The van der Waals surface area contributed by atoms with Gasteiger partial charge in [-0.3, -0.25) is 34.1 Å². The molecule has 4 aromatic heterocycles. The molecule has 0 fully saturated rings. The predicted octanol–water partition coefficient (Wildman–Crippen LogP) is -4.62. The van der Waals surface area contributed by atoms with E-state index in [4.69, 9.17) is 88.8 Å². The molecule has 9 N–H and O–H groups in total. The van der Waals surface area contributed by atoms with Crippen LogP contribution in [0.25, 0.3) is 0 Å². The number of halogens is 3. The maximum absolute atomic E-state index is 11.4. The number of alkyl halides is 2. The minimum Gasteiger partial charge on any atom is -0.917 e. The Hall–Kier alpha value is -1.86. The van der Waals surface area contributed by atoms with Gasteiger partial charge < -0.3 is 91.5 Å². The summed E-state index contributed by atoms with van der Waals surface area (Å²) in [5, 5.41) is 57.3. The van der Waals surface area contributed by atoms with Crippen LogP contribution in [-0.4, -0.2) is 121 Å². The first-order valence-corrected chi connectivity index (χ1v) is 29.8. The maximum atomic E-state index is 11.4. The number of aryl methyl sites for hydroxylation is 4. The number of fused-ring (bicyclic) bond motifs is 3. The summed E-state index contributed by atoms with van der Waals surface area (Å²) >= 11 is 9.53. The Morgan fingerprint density at radius 3 is 1.24 bits per heavy atom. The van der Waals surface area contributed by atoms with Crippen LogP contribution in [0, 0.1) is 27.7 Å². The summed E-state index contributed by atoms with van der Waals surface area (Å²) in [7, 11) is -11.9. The average molecular weight is 1420 g/mol. The Balaban J connectivity index is -0.000000515. The minimum atomic E-state index is -4.47. The fourth-order valence-electron chi connectivity index (χ4n) is 7.64. The van der Waals surface area contributed by atoms with E-state index in [0.29, 0.717) is 50.8 Å². The van der Waals surface area contributed by atoms with Crippen molar-refractivity contribution in [1.29, 1.82) is 0 Å². The summed E-state index contributed by atoms with van der Waals surface area (Å²) in [6.45, 7) is 19.4. The van der Waals surface area contributed by atoms with Crippen molar-refractivity contribution in [2.75, 3.05) is 5.34 Å². The van der Waals surface area contributed by atoms with Gasteiger partial charge in [-0.1, -0.05) is 0 Å². The summed E-state index contributed by atoms with van der Waals surface area (Å²) in [5.74, 6) is -4.55. The van der Waals surface area contributed by atoms with E-state index in [-0.39, 0.29) is 216 Å². The van der Waals surface area contributed by atoms with E-state index in [1.54, 1.807) is 41.5 Å². The Morgan fingerprint density at radius 2 is 0.888 bits per heavy atom. The third-order valence-electron chi connectivity index (χ3n) is 11.7. The van der Waals surface area contributed by atoms with E-state index in [0.717, 1.165) is 11.1 Å². The van der Waals surface area contributed by atoms with E-state index in [1.165, 1.54) is 27.7 Å². The molecule has 0 unspecified atom stereocenters. The van der Waals surface area contributed by atoms with Crippen LogP contribution in [0.15, 0.2) is 0 Å². The minimum absolute atomic E-state index is 0. The zero-order valence-corrected chi connectivity index (χ0v) is 62.6. The van der Waals surface area contributed by atoms with Gasteiger partial charge in [0.25, 0.3) is 10.1 Å². The quantitative estimate of drug-likeness (QED) is 0.0196. The molecule has 39 heteroatoms. The van der Waals surface area contributed by atoms with Gasteiger partial charge in [-0.2, -0.15) is 19.4 Å². The molecule has 30 nitrogen and oxygen atoms in total. The molecule has 490 valence electrons. The molecule has 4 aromatic rings. The normalized spacial score (nSPS) is 14.7. The Labute approximate surface area is 600 Å². The number of aliphatic hydroxyl groups excluding tert-OH is 3. The van der Waals surface area contributed by atoms with Crippen molar-refractivity contribution < 1.29 is 211 Å². The van der Waals surface area contributed by atoms with Crippen LogP contribution in [0.3, 0.4) is 0 Å². The monoisotopic (exact) mass is 1410 g/mol. The molecule has 0 saturated carbocycles. The Kier molecular flexibility index (Phi) is 44.0. The van der Waals surface area contributed by atoms with Gasteiger partial charge in [0.1, 0.15) is 39.7 Å². The van der Waals surface area contributed by atoms with Crippen molar-refractivity contribution in [2.45, 2.75) is 178 Å². The zero-order valence-electron chi connectivity index (χ0n) is 51.8. The Morgan fingerprint density at radius 1 is 0.562 bits per heavy atom. The van der Waals surface area contributed by atoms with Crippen molar-refractivity contribution in [3.05, 3.63) is 90.1 Å². The molecule has 0 bridgehead atoms. The number of aliphatic hydroxyl groups is 3. The van der Waals surface area contributed by atoms with Gasteiger partial charge in [0.05, 0.1) is 116 Å².